The first-order valence-corrected chi connectivity index (χ1v) is 6.60. The molecule has 1 fully saturated rings. The molecule has 4 heteroatoms. The predicted octanol–water partition coefficient (Wildman–Crippen LogP) is 2.28. The van der Waals surface area contributed by atoms with Crippen molar-refractivity contribution in [2.45, 2.75) is 58.4 Å². The Hall–Kier alpha value is -1.06. The maximum Gasteiger partial charge on any atom is 0.308 e. The van der Waals surface area contributed by atoms with Gasteiger partial charge in [0.1, 0.15) is 0 Å². The number of carboxylic acid groups (broad SMARTS) is 1. The molecule has 17 heavy (non-hydrogen) atoms. The number of carboxylic acids is 1. The second kappa shape index (κ2) is 6.62. The van der Waals surface area contributed by atoms with Crippen LogP contribution in [0.3, 0.4) is 0 Å². The number of nitrogens with zero attached hydrogens (tertiary/aromatic N) is 1. The molecule has 1 aliphatic heterocycles. The van der Waals surface area contributed by atoms with E-state index >= 15 is 0 Å². The van der Waals surface area contributed by atoms with E-state index in [0.717, 1.165) is 32.2 Å². The molecular weight excluding hydrogens is 218 g/mol. The van der Waals surface area contributed by atoms with E-state index in [4.69, 9.17) is 5.11 Å². The van der Waals surface area contributed by atoms with Crippen molar-refractivity contribution in [3.63, 3.8) is 0 Å². The summed E-state index contributed by atoms with van der Waals surface area (Å²) in [5.74, 6) is -1.04. The van der Waals surface area contributed by atoms with Crippen molar-refractivity contribution in [3.05, 3.63) is 0 Å². The van der Waals surface area contributed by atoms with E-state index in [2.05, 4.69) is 6.92 Å². The van der Waals surface area contributed by atoms with Crippen LogP contribution in [0, 0.1) is 5.92 Å². The fraction of sp³-hybridized carbons (Fsp3) is 0.846. The maximum atomic E-state index is 12.0. The molecule has 2 atom stereocenters. The third kappa shape index (κ3) is 3.72. The molecular formula is C13H23NO3. The van der Waals surface area contributed by atoms with Crippen LogP contribution in [0.25, 0.3) is 0 Å². The van der Waals surface area contributed by atoms with Crippen LogP contribution in [0.2, 0.25) is 0 Å². The minimum atomic E-state index is -0.774. The number of unbranched alkanes of at least 4 members (excludes halogenated alkanes) is 2. The van der Waals surface area contributed by atoms with Crippen LogP contribution in [0.15, 0.2) is 0 Å². The summed E-state index contributed by atoms with van der Waals surface area (Å²) in [5.41, 5.74) is 0. The quantitative estimate of drug-likeness (QED) is 0.751. The molecule has 0 spiro atoms. The fourth-order valence-electron chi connectivity index (χ4n) is 2.50. The van der Waals surface area contributed by atoms with Crippen molar-refractivity contribution in [2.75, 3.05) is 6.54 Å². The first-order valence-electron chi connectivity index (χ1n) is 6.60. The Morgan fingerprint density at radius 1 is 1.35 bits per heavy atom. The molecule has 1 amide bonds. The van der Waals surface area contributed by atoms with Gasteiger partial charge in [0.25, 0.3) is 0 Å². The summed E-state index contributed by atoms with van der Waals surface area (Å²) >= 11 is 0. The van der Waals surface area contributed by atoms with Gasteiger partial charge in [0.2, 0.25) is 5.91 Å². The monoisotopic (exact) mass is 241 g/mol. The van der Waals surface area contributed by atoms with Gasteiger partial charge >= 0.3 is 5.97 Å². The van der Waals surface area contributed by atoms with E-state index in [1.807, 2.05) is 6.92 Å². The van der Waals surface area contributed by atoms with E-state index in [0.29, 0.717) is 12.8 Å². The molecule has 0 aromatic carbocycles. The van der Waals surface area contributed by atoms with Gasteiger partial charge in [0.15, 0.2) is 0 Å². The molecule has 0 aromatic rings. The standard InChI is InChI=1S/C13H23NO3/c1-3-4-5-8-12(15)14-9-6-7-11(10(14)2)13(16)17/h10-11H,3-9H2,1-2H3,(H,16,17)/t10-,11-/m0/s1. The number of hydrogen-bond acceptors (Lipinski definition) is 2. The Bertz CT molecular complexity index is 278. The van der Waals surface area contributed by atoms with Crippen LogP contribution in [-0.2, 0) is 9.59 Å². The van der Waals surface area contributed by atoms with Crippen LogP contribution in [0.5, 0.6) is 0 Å². The third-order valence-electron chi connectivity index (χ3n) is 3.62. The molecule has 1 heterocycles. The number of hydrogen-bond donors (Lipinski definition) is 1. The van der Waals surface area contributed by atoms with Crippen LogP contribution < -0.4 is 0 Å². The largest absolute Gasteiger partial charge is 0.481 e. The van der Waals surface area contributed by atoms with E-state index in [1.165, 1.54) is 0 Å². The van der Waals surface area contributed by atoms with Crippen molar-refractivity contribution < 1.29 is 14.7 Å². The number of amides is 1. The zero-order valence-electron chi connectivity index (χ0n) is 10.8. The first-order chi connectivity index (χ1) is 8.07. The summed E-state index contributed by atoms with van der Waals surface area (Å²) in [6, 6.07) is -0.157. The lowest BCUT2D eigenvalue weighted by Gasteiger charge is -2.37. The van der Waals surface area contributed by atoms with Crippen molar-refractivity contribution >= 4 is 11.9 Å². The Balaban J connectivity index is 2.51. The van der Waals surface area contributed by atoms with Gasteiger partial charge in [-0.15, -0.1) is 0 Å². The van der Waals surface area contributed by atoms with Gasteiger partial charge in [0, 0.05) is 19.0 Å². The topological polar surface area (TPSA) is 57.6 Å². The molecule has 0 radical (unpaired) electrons. The maximum absolute atomic E-state index is 12.0. The van der Waals surface area contributed by atoms with Crippen LogP contribution in [-0.4, -0.2) is 34.5 Å². The summed E-state index contributed by atoms with van der Waals surface area (Å²) in [5, 5.41) is 9.08. The van der Waals surface area contributed by atoms with Gasteiger partial charge in [-0.2, -0.15) is 0 Å². The Kier molecular flexibility index (Phi) is 5.45. The van der Waals surface area contributed by atoms with Gasteiger partial charge in [-0.05, 0) is 26.2 Å². The smallest absolute Gasteiger partial charge is 0.308 e. The third-order valence-corrected chi connectivity index (χ3v) is 3.62. The fourth-order valence-corrected chi connectivity index (χ4v) is 2.50. The predicted molar refractivity (Wildman–Crippen MR) is 65.7 cm³/mol. The highest BCUT2D eigenvalue weighted by Gasteiger charge is 2.34. The Morgan fingerprint density at radius 3 is 2.65 bits per heavy atom. The number of aliphatic carboxylic acids is 1. The average molecular weight is 241 g/mol. The molecule has 4 nitrogen and oxygen atoms in total. The number of carbonyl (C=O) groups is 2. The molecule has 1 aliphatic rings. The lowest BCUT2D eigenvalue weighted by Crippen LogP contribution is -2.49. The number of carbonyl (C=O) groups excluding carboxylic acids is 1. The lowest BCUT2D eigenvalue weighted by atomic mass is 9.90. The first kappa shape index (κ1) is 14.0. The molecule has 1 rings (SSSR count). The second-order valence-corrected chi connectivity index (χ2v) is 4.87. The Labute approximate surface area is 103 Å². The minimum Gasteiger partial charge on any atom is -0.481 e. The van der Waals surface area contributed by atoms with Gasteiger partial charge in [-0.25, -0.2) is 0 Å². The summed E-state index contributed by atoms with van der Waals surface area (Å²) in [7, 11) is 0. The molecule has 0 aromatic heterocycles. The van der Waals surface area contributed by atoms with E-state index in [-0.39, 0.29) is 17.9 Å². The molecule has 98 valence electrons. The highest BCUT2D eigenvalue weighted by molar-refractivity contribution is 5.78. The lowest BCUT2D eigenvalue weighted by molar-refractivity contribution is -0.149. The number of rotatable bonds is 5. The summed E-state index contributed by atoms with van der Waals surface area (Å²) in [6.07, 6.45) is 5.13. The zero-order valence-corrected chi connectivity index (χ0v) is 10.8. The van der Waals surface area contributed by atoms with Gasteiger partial charge in [-0.3, -0.25) is 9.59 Å². The summed E-state index contributed by atoms with van der Waals surface area (Å²) in [6.45, 7) is 4.68. The minimum absolute atomic E-state index is 0.122. The molecule has 0 unspecified atom stereocenters. The van der Waals surface area contributed by atoms with Gasteiger partial charge in [0.05, 0.1) is 5.92 Å². The summed E-state index contributed by atoms with van der Waals surface area (Å²) < 4.78 is 0. The average Bonchev–Trinajstić information content (AvgIpc) is 2.29. The van der Waals surface area contributed by atoms with Crippen molar-refractivity contribution in [2.24, 2.45) is 5.92 Å². The number of likely N-dealkylation sites (tertiary alicyclic amines) is 1. The second-order valence-electron chi connectivity index (χ2n) is 4.87. The van der Waals surface area contributed by atoms with Crippen LogP contribution in [0.1, 0.15) is 52.4 Å². The van der Waals surface area contributed by atoms with Gasteiger partial charge < -0.3 is 10.0 Å². The number of piperidine rings is 1. The highest BCUT2D eigenvalue weighted by Crippen LogP contribution is 2.24. The zero-order chi connectivity index (χ0) is 12.8. The SMILES string of the molecule is CCCCCC(=O)N1CCC[C@H](C(=O)O)[C@@H]1C. The van der Waals surface area contributed by atoms with Crippen LogP contribution >= 0.6 is 0 Å². The molecule has 0 bridgehead atoms. The Morgan fingerprint density at radius 2 is 2.06 bits per heavy atom. The normalized spacial score (nSPS) is 24.7. The van der Waals surface area contributed by atoms with Crippen molar-refractivity contribution in [1.82, 2.24) is 4.90 Å². The summed E-state index contributed by atoms with van der Waals surface area (Å²) in [4.78, 5) is 24.8. The van der Waals surface area contributed by atoms with Crippen molar-refractivity contribution in [1.29, 1.82) is 0 Å². The van der Waals surface area contributed by atoms with E-state index < -0.39 is 5.97 Å². The molecule has 0 aliphatic carbocycles. The van der Waals surface area contributed by atoms with E-state index in [1.54, 1.807) is 4.90 Å². The van der Waals surface area contributed by atoms with Gasteiger partial charge in [-0.1, -0.05) is 19.8 Å². The van der Waals surface area contributed by atoms with Crippen molar-refractivity contribution in [3.8, 4) is 0 Å². The molecule has 0 saturated carbocycles. The van der Waals surface area contributed by atoms with Crippen LogP contribution in [0.4, 0.5) is 0 Å². The highest BCUT2D eigenvalue weighted by atomic mass is 16.4. The molecule has 1 saturated heterocycles. The van der Waals surface area contributed by atoms with E-state index in [9.17, 15) is 9.59 Å². The molecule has 1 N–H and O–H groups in total.